The first-order valence-corrected chi connectivity index (χ1v) is 9.96. The number of piperidine rings is 1. The first-order valence-electron chi connectivity index (χ1n) is 9.96. The van der Waals surface area contributed by atoms with Crippen molar-refractivity contribution in [2.75, 3.05) is 31.7 Å². The van der Waals surface area contributed by atoms with E-state index in [0.717, 1.165) is 24.6 Å². The summed E-state index contributed by atoms with van der Waals surface area (Å²) < 4.78 is 10.7. The number of carbonyl (C=O) groups excluding carboxylic acids is 1. The first-order chi connectivity index (χ1) is 13.5. The average molecular weight is 383 g/mol. The Bertz CT molecular complexity index is 768. The summed E-state index contributed by atoms with van der Waals surface area (Å²) in [6.45, 7) is 6.52. The van der Waals surface area contributed by atoms with Gasteiger partial charge in [-0.25, -0.2) is 0 Å². The molecule has 0 spiro atoms. The lowest BCUT2D eigenvalue weighted by Crippen LogP contribution is -2.33. The molecule has 3 rings (SSSR count). The number of amides is 1. The third-order valence-corrected chi connectivity index (χ3v) is 5.33. The Kier molecular flexibility index (Phi) is 6.80. The van der Waals surface area contributed by atoms with Crippen molar-refractivity contribution >= 4 is 11.6 Å². The monoisotopic (exact) mass is 382 g/mol. The summed E-state index contributed by atoms with van der Waals surface area (Å²) in [6, 6.07) is 15.7. The van der Waals surface area contributed by atoms with Gasteiger partial charge >= 0.3 is 0 Å². The van der Waals surface area contributed by atoms with Gasteiger partial charge in [-0.3, -0.25) is 4.79 Å². The molecule has 0 saturated carbocycles. The molecule has 1 unspecified atom stereocenters. The fraction of sp³-hybridized carbons (Fsp3) is 0.435. The Morgan fingerprint density at radius 3 is 2.50 bits per heavy atom. The van der Waals surface area contributed by atoms with E-state index in [2.05, 4.69) is 41.4 Å². The summed E-state index contributed by atoms with van der Waals surface area (Å²) >= 11 is 0. The number of nitrogens with one attached hydrogen (secondary N) is 1. The summed E-state index contributed by atoms with van der Waals surface area (Å²) in [5, 5.41) is 2.99. The van der Waals surface area contributed by atoms with Gasteiger partial charge in [-0.2, -0.15) is 0 Å². The van der Waals surface area contributed by atoms with Gasteiger partial charge in [-0.15, -0.1) is 0 Å². The highest BCUT2D eigenvalue weighted by Crippen LogP contribution is 2.24. The summed E-state index contributed by atoms with van der Waals surface area (Å²) in [7, 11) is 1.60. The van der Waals surface area contributed by atoms with E-state index in [9.17, 15) is 4.79 Å². The summed E-state index contributed by atoms with van der Waals surface area (Å²) in [5.74, 6) is 1.99. The Hall–Kier alpha value is -2.69. The molecular weight excluding hydrogens is 352 g/mol. The zero-order valence-corrected chi connectivity index (χ0v) is 17.0. The van der Waals surface area contributed by atoms with Crippen LogP contribution in [0.1, 0.15) is 38.3 Å². The van der Waals surface area contributed by atoms with E-state index < -0.39 is 0 Å². The van der Waals surface area contributed by atoms with Gasteiger partial charge in [-0.1, -0.05) is 25.1 Å². The quantitative estimate of drug-likeness (QED) is 0.780. The molecular formula is C23H30N2O3. The number of carbonyl (C=O) groups is 1. The van der Waals surface area contributed by atoms with E-state index in [1.807, 2.05) is 19.1 Å². The van der Waals surface area contributed by atoms with Gasteiger partial charge in [0, 0.05) is 24.8 Å². The van der Waals surface area contributed by atoms with Gasteiger partial charge in [0.1, 0.15) is 11.5 Å². The minimum atomic E-state index is -0.149. The van der Waals surface area contributed by atoms with Gasteiger partial charge in [0.05, 0.1) is 13.2 Å². The predicted octanol–water partition coefficient (Wildman–Crippen LogP) is 4.19. The minimum Gasteiger partial charge on any atom is -0.497 e. The fourth-order valence-electron chi connectivity index (χ4n) is 3.45. The van der Waals surface area contributed by atoms with Crippen LogP contribution in [0, 0.1) is 5.92 Å². The maximum absolute atomic E-state index is 12.2. The lowest BCUT2D eigenvalue weighted by atomic mass is 9.98. The molecule has 1 heterocycles. The number of hydrogen-bond donors (Lipinski definition) is 1. The molecule has 1 saturated heterocycles. The maximum atomic E-state index is 12.2. The van der Waals surface area contributed by atoms with Crippen molar-refractivity contribution in [3.8, 4) is 11.5 Å². The van der Waals surface area contributed by atoms with Crippen molar-refractivity contribution < 1.29 is 14.3 Å². The molecule has 2 aromatic rings. The Morgan fingerprint density at radius 2 is 1.82 bits per heavy atom. The van der Waals surface area contributed by atoms with Crippen LogP contribution >= 0.6 is 0 Å². The van der Waals surface area contributed by atoms with Crippen LogP contribution < -0.4 is 19.7 Å². The Balaban J connectivity index is 1.49. The van der Waals surface area contributed by atoms with Crippen molar-refractivity contribution in [1.29, 1.82) is 0 Å². The van der Waals surface area contributed by atoms with Crippen LogP contribution in [0.25, 0.3) is 0 Å². The van der Waals surface area contributed by atoms with Crippen molar-refractivity contribution in [3.05, 3.63) is 54.1 Å². The highest BCUT2D eigenvalue weighted by molar-refractivity contribution is 5.78. The molecule has 1 aliphatic heterocycles. The molecule has 1 aliphatic rings. The van der Waals surface area contributed by atoms with E-state index in [4.69, 9.17) is 9.47 Å². The molecule has 28 heavy (non-hydrogen) atoms. The van der Waals surface area contributed by atoms with Gasteiger partial charge in [0.25, 0.3) is 5.91 Å². The van der Waals surface area contributed by atoms with Crippen molar-refractivity contribution in [1.82, 2.24) is 5.32 Å². The van der Waals surface area contributed by atoms with Crippen LogP contribution in [0.3, 0.4) is 0 Å². The molecule has 0 aromatic heterocycles. The van der Waals surface area contributed by atoms with Crippen molar-refractivity contribution in [2.24, 2.45) is 5.92 Å². The number of rotatable bonds is 7. The Labute approximate surface area is 167 Å². The van der Waals surface area contributed by atoms with Crippen LogP contribution in [0.2, 0.25) is 0 Å². The number of nitrogens with zero attached hydrogens (tertiary/aromatic N) is 1. The SMILES string of the molecule is COc1cccc(OCC(=O)NC(C)c2ccc(N3CCC(C)CC3)cc2)c1. The average Bonchev–Trinajstić information content (AvgIpc) is 2.73. The molecule has 1 fully saturated rings. The smallest absolute Gasteiger partial charge is 0.258 e. The van der Waals surface area contributed by atoms with Gasteiger partial charge < -0.3 is 19.7 Å². The zero-order valence-electron chi connectivity index (χ0n) is 17.0. The van der Waals surface area contributed by atoms with Crippen molar-refractivity contribution in [3.63, 3.8) is 0 Å². The first kappa shape index (κ1) is 20.1. The third-order valence-electron chi connectivity index (χ3n) is 5.33. The van der Waals surface area contributed by atoms with Gasteiger partial charge in [0.2, 0.25) is 0 Å². The number of hydrogen-bond acceptors (Lipinski definition) is 4. The highest BCUT2D eigenvalue weighted by Gasteiger charge is 2.16. The number of benzene rings is 2. The van der Waals surface area contributed by atoms with Crippen molar-refractivity contribution in [2.45, 2.75) is 32.7 Å². The van der Waals surface area contributed by atoms with E-state index >= 15 is 0 Å². The van der Waals surface area contributed by atoms with Crippen LogP contribution in [-0.4, -0.2) is 32.7 Å². The largest absolute Gasteiger partial charge is 0.497 e. The summed E-state index contributed by atoms with van der Waals surface area (Å²) in [5.41, 5.74) is 2.35. The molecule has 0 aliphatic carbocycles. The molecule has 0 bridgehead atoms. The lowest BCUT2D eigenvalue weighted by Gasteiger charge is -2.32. The minimum absolute atomic E-state index is 0.0262. The molecule has 1 amide bonds. The molecule has 1 atom stereocenters. The second-order valence-corrected chi connectivity index (χ2v) is 7.52. The van der Waals surface area contributed by atoms with E-state index in [1.165, 1.54) is 18.5 Å². The van der Waals surface area contributed by atoms with Gasteiger partial charge in [0.15, 0.2) is 6.61 Å². The lowest BCUT2D eigenvalue weighted by molar-refractivity contribution is -0.123. The summed E-state index contributed by atoms with van der Waals surface area (Å²) in [6.07, 6.45) is 2.50. The predicted molar refractivity (Wildman–Crippen MR) is 112 cm³/mol. The standard InChI is InChI=1S/C23H30N2O3/c1-17-11-13-25(14-12-17)20-9-7-19(8-10-20)18(2)24-23(26)16-28-22-6-4-5-21(15-22)27-3/h4-10,15,17-18H,11-14,16H2,1-3H3,(H,24,26). The number of ether oxygens (including phenoxy) is 2. The second kappa shape index (κ2) is 9.49. The molecule has 5 heteroatoms. The molecule has 5 nitrogen and oxygen atoms in total. The number of anilines is 1. The fourth-order valence-corrected chi connectivity index (χ4v) is 3.45. The normalized spacial score (nSPS) is 15.8. The van der Waals surface area contributed by atoms with E-state index in [0.29, 0.717) is 11.5 Å². The number of methoxy groups -OCH3 is 1. The van der Waals surface area contributed by atoms with Crippen LogP contribution in [0.15, 0.2) is 48.5 Å². The molecule has 0 radical (unpaired) electrons. The maximum Gasteiger partial charge on any atom is 0.258 e. The van der Waals surface area contributed by atoms with E-state index in [1.54, 1.807) is 19.2 Å². The molecule has 1 N–H and O–H groups in total. The topological polar surface area (TPSA) is 50.8 Å². The molecule has 150 valence electrons. The summed E-state index contributed by atoms with van der Waals surface area (Å²) in [4.78, 5) is 14.7. The Morgan fingerprint density at radius 1 is 1.14 bits per heavy atom. The second-order valence-electron chi connectivity index (χ2n) is 7.52. The van der Waals surface area contributed by atoms with E-state index in [-0.39, 0.29) is 18.6 Å². The van der Waals surface area contributed by atoms with Gasteiger partial charge in [-0.05, 0) is 55.5 Å². The third kappa shape index (κ3) is 5.41. The highest BCUT2D eigenvalue weighted by atomic mass is 16.5. The van der Waals surface area contributed by atoms with Crippen LogP contribution in [0.5, 0.6) is 11.5 Å². The zero-order chi connectivity index (χ0) is 19.9. The molecule has 2 aromatic carbocycles. The van der Waals surface area contributed by atoms with Crippen LogP contribution in [-0.2, 0) is 4.79 Å². The van der Waals surface area contributed by atoms with Crippen LogP contribution in [0.4, 0.5) is 5.69 Å².